The van der Waals surface area contributed by atoms with Gasteiger partial charge in [0.15, 0.2) is 0 Å². The topological polar surface area (TPSA) is 132 Å². The number of hydrogen-bond acceptors (Lipinski definition) is 8. The summed E-state index contributed by atoms with van der Waals surface area (Å²) in [4.78, 5) is 9.01. The van der Waals surface area contributed by atoms with E-state index in [4.69, 9.17) is 0 Å². The number of fused-ring (bicyclic) bond motifs is 1. The lowest BCUT2D eigenvalue weighted by Crippen LogP contribution is -2.28. The highest BCUT2D eigenvalue weighted by Gasteiger charge is 2.36. The molecule has 9 nitrogen and oxygen atoms in total. The molecule has 0 radical (unpaired) electrons. The van der Waals surface area contributed by atoms with Crippen molar-refractivity contribution in [1.29, 1.82) is 5.26 Å². The van der Waals surface area contributed by atoms with Gasteiger partial charge in [0.1, 0.15) is 11.9 Å². The number of aromatic nitrogens is 4. The van der Waals surface area contributed by atoms with E-state index >= 15 is 0 Å². The molecule has 0 saturated heterocycles. The Morgan fingerprint density at radius 3 is 2.82 bits per heavy atom. The minimum absolute atomic E-state index is 0.0224. The van der Waals surface area contributed by atoms with E-state index in [2.05, 4.69) is 45.6 Å². The van der Waals surface area contributed by atoms with Gasteiger partial charge in [-0.1, -0.05) is 20.8 Å². The van der Waals surface area contributed by atoms with E-state index in [1.807, 2.05) is 17.7 Å². The lowest BCUT2D eigenvalue weighted by molar-refractivity contribution is 0.219. The first-order valence-electron chi connectivity index (χ1n) is 11.1. The zero-order valence-electron chi connectivity index (χ0n) is 19.1. The zero-order chi connectivity index (χ0) is 23.6. The molecule has 4 rings (SSSR count). The molecule has 2 aromatic heterocycles. The molecule has 1 aliphatic heterocycles. The van der Waals surface area contributed by atoms with Crippen LogP contribution in [0.25, 0.3) is 11.3 Å². The fourth-order valence-electron chi connectivity index (χ4n) is 3.96. The van der Waals surface area contributed by atoms with Crippen molar-refractivity contribution in [1.82, 2.24) is 19.7 Å². The van der Waals surface area contributed by atoms with Crippen LogP contribution in [0.3, 0.4) is 0 Å². The van der Waals surface area contributed by atoms with Gasteiger partial charge in [0.05, 0.1) is 35.9 Å². The van der Waals surface area contributed by atoms with E-state index in [0.29, 0.717) is 47.7 Å². The van der Waals surface area contributed by atoms with Crippen LogP contribution in [0.4, 0.5) is 17.5 Å². The molecule has 0 saturated carbocycles. The number of rotatable bonds is 8. The van der Waals surface area contributed by atoms with Gasteiger partial charge in [-0.2, -0.15) is 10.4 Å². The van der Waals surface area contributed by atoms with Crippen molar-refractivity contribution in [2.24, 2.45) is 5.92 Å². The Balaban J connectivity index is 1.67. The average Bonchev–Trinajstić information content (AvgIpc) is 3.38. The number of nitriles is 1. The third kappa shape index (κ3) is 4.53. The van der Waals surface area contributed by atoms with Crippen LogP contribution in [0.15, 0.2) is 30.5 Å². The standard InChI is InChI=1S/C24H29N7O2/c1-15(2)5-7-31-21(10-18(12-32)30-31)29-23-26-6-4-20(28-23)16-8-17(11-25)22-19(9-16)24(3,14-33)13-27-22/h4,6,8-10,15,27,32-33H,5,7,12-14H2,1-3H3,(H,26,28,29)/t24-/m1/s1. The van der Waals surface area contributed by atoms with Gasteiger partial charge in [-0.05, 0) is 36.1 Å². The Bertz CT molecular complexity index is 1200. The summed E-state index contributed by atoms with van der Waals surface area (Å²) in [6.45, 7) is 7.39. The van der Waals surface area contributed by atoms with Gasteiger partial charge in [0.25, 0.3) is 0 Å². The summed E-state index contributed by atoms with van der Waals surface area (Å²) in [6.07, 6.45) is 2.61. The fraction of sp³-hybridized carbons (Fsp3) is 0.417. The van der Waals surface area contributed by atoms with Crippen LogP contribution < -0.4 is 10.6 Å². The molecule has 9 heteroatoms. The zero-order valence-corrected chi connectivity index (χ0v) is 19.1. The van der Waals surface area contributed by atoms with Crippen molar-refractivity contribution in [3.05, 3.63) is 47.3 Å². The number of nitrogens with one attached hydrogen (secondary N) is 2. The first-order valence-corrected chi connectivity index (χ1v) is 11.1. The van der Waals surface area contributed by atoms with E-state index in [-0.39, 0.29) is 13.2 Å². The number of hydrogen-bond donors (Lipinski definition) is 4. The summed E-state index contributed by atoms with van der Waals surface area (Å²) in [5.74, 6) is 1.62. The number of benzene rings is 1. The minimum Gasteiger partial charge on any atom is -0.395 e. The average molecular weight is 448 g/mol. The van der Waals surface area contributed by atoms with Crippen LogP contribution >= 0.6 is 0 Å². The summed E-state index contributed by atoms with van der Waals surface area (Å²) >= 11 is 0. The van der Waals surface area contributed by atoms with E-state index in [9.17, 15) is 15.5 Å². The van der Waals surface area contributed by atoms with Gasteiger partial charge in [-0.3, -0.25) is 0 Å². The second-order valence-electron chi connectivity index (χ2n) is 9.11. The monoisotopic (exact) mass is 447 g/mol. The third-order valence-electron chi connectivity index (χ3n) is 6.02. The molecule has 3 aromatic rings. The highest BCUT2D eigenvalue weighted by atomic mass is 16.3. The van der Waals surface area contributed by atoms with Crippen LogP contribution in [0.2, 0.25) is 0 Å². The number of anilines is 3. The molecule has 0 spiro atoms. The van der Waals surface area contributed by atoms with Crippen molar-refractivity contribution < 1.29 is 10.2 Å². The molecule has 0 bridgehead atoms. The van der Waals surface area contributed by atoms with Gasteiger partial charge in [0, 0.05) is 36.3 Å². The maximum atomic E-state index is 9.95. The highest BCUT2D eigenvalue weighted by molar-refractivity contribution is 5.76. The van der Waals surface area contributed by atoms with Crippen LogP contribution in [0, 0.1) is 17.2 Å². The molecule has 1 aromatic carbocycles. The number of aryl methyl sites for hydroxylation is 1. The summed E-state index contributed by atoms with van der Waals surface area (Å²) in [6, 6.07) is 9.62. The lowest BCUT2D eigenvalue weighted by Gasteiger charge is -2.21. The molecule has 1 atom stereocenters. The third-order valence-corrected chi connectivity index (χ3v) is 6.02. The predicted octanol–water partition coefficient (Wildman–Crippen LogP) is 3.17. The molecule has 172 valence electrons. The lowest BCUT2D eigenvalue weighted by atomic mass is 9.83. The molecule has 4 N–H and O–H groups in total. The molecule has 0 aliphatic carbocycles. The molecule has 33 heavy (non-hydrogen) atoms. The summed E-state index contributed by atoms with van der Waals surface area (Å²) in [5.41, 5.74) is 3.76. The molecular weight excluding hydrogens is 418 g/mol. The van der Waals surface area contributed by atoms with E-state index in [1.54, 1.807) is 24.4 Å². The Morgan fingerprint density at radius 2 is 2.12 bits per heavy atom. The molecule has 0 unspecified atom stereocenters. The largest absolute Gasteiger partial charge is 0.395 e. The van der Waals surface area contributed by atoms with E-state index in [1.165, 1.54) is 0 Å². The van der Waals surface area contributed by atoms with Gasteiger partial charge in [-0.15, -0.1) is 0 Å². The van der Waals surface area contributed by atoms with Crippen molar-refractivity contribution in [3.8, 4) is 17.3 Å². The van der Waals surface area contributed by atoms with Gasteiger partial charge < -0.3 is 20.8 Å². The molecular formula is C24H29N7O2. The molecule has 3 heterocycles. The SMILES string of the molecule is CC(C)CCn1nc(CO)cc1Nc1nccc(-c2cc(C#N)c3c(c2)[C@@](C)(CO)CN3)n1. The Labute approximate surface area is 193 Å². The summed E-state index contributed by atoms with van der Waals surface area (Å²) in [5, 5.41) is 40.1. The molecule has 0 fully saturated rings. The van der Waals surface area contributed by atoms with Crippen molar-refractivity contribution in [2.45, 2.75) is 45.8 Å². The van der Waals surface area contributed by atoms with Crippen molar-refractivity contribution >= 4 is 17.5 Å². The van der Waals surface area contributed by atoms with Crippen LogP contribution in [-0.4, -0.2) is 43.1 Å². The quantitative estimate of drug-likeness (QED) is 0.414. The van der Waals surface area contributed by atoms with Crippen molar-refractivity contribution in [2.75, 3.05) is 23.8 Å². The number of aliphatic hydroxyl groups is 2. The Hall–Kier alpha value is -3.48. The number of aliphatic hydroxyl groups excluding tert-OH is 2. The summed E-state index contributed by atoms with van der Waals surface area (Å²) < 4.78 is 1.82. The van der Waals surface area contributed by atoms with E-state index in [0.717, 1.165) is 23.2 Å². The van der Waals surface area contributed by atoms with Crippen molar-refractivity contribution in [3.63, 3.8) is 0 Å². The predicted molar refractivity (Wildman–Crippen MR) is 126 cm³/mol. The maximum Gasteiger partial charge on any atom is 0.228 e. The van der Waals surface area contributed by atoms with Gasteiger partial charge in [0.2, 0.25) is 5.95 Å². The second kappa shape index (κ2) is 9.17. The normalized spacial score (nSPS) is 17.0. The molecule has 0 amide bonds. The summed E-state index contributed by atoms with van der Waals surface area (Å²) in [7, 11) is 0. The van der Waals surface area contributed by atoms with Crippen LogP contribution in [-0.2, 0) is 18.6 Å². The Kier molecular flexibility index (Phi) is 6.31. The maximum absolute atomic E-state index is 9.95. The van der Waals surface area contributed by atoms with Crippen LogP contribution in [0.1, 0.15) is 44.0 Å². The van der Waals surface area contributed by atoms with Gasteiger partial charge >= 0.3 is 0 Å². The highest BCUT2D eigenvalue weighted by Crippen LogP contribution is 2.41. The smallest absolute Gasteiger partial charge is 0.228 e. The first kappa shape index (κ1) is 22.7. The fourth-order valence-corrected chi connectivity index (χ4v) is 3.96. The second-order valence-corrected chi connectivity index (χ2v) is 9.11. The molecule has 1 aliphatic rings. The number of nitrogens with zero attached hydrogens (tertiary/aromatic N) is 5. The Morgan fingerprint density at radius 1 is 1.30 bits per heavy atom. The first-order chi connectivity index (χ1) is 15.9. The van der Waals surface area contributed by atoms with E-state index < -0.39 is 5.41 Å². The van der Waals surface area contributed by atoms with Crippen LogP contribution in [0.5, 0.6) is 0 Å². The minimum atomic E-state index is -0.464. The van der Waals surface area contributed by atoms with Gasteiger partial charge in [-0.25, -0.2) is 14.6 Å².